The number of aryl methyl sites for hydroxylation is 1. The van der Waals surface area contributed by atoms with Crippen molar-refractivity contribution in [2.75, 3.05) is 19.5 Å². The second-order valence-electron chi connectivity index (χ2n) is 7.06. The second-order valence-corrected chi connectivity index (χ2v) is 8.06. The maximum Gasteiger partial charge on any atom is 0.266 e. The lowest BCUT2D eigenvalue weighted by Crippen LogP contribution is -2.21. The lowest BCUT2D eigenvalue weighted by atomic mass is 10.2. The van der Waals surface area contributed by atoms with Crippen LogP contribution in [-0.4, -0.2) is 29.7 Å². The molecule has 2 heterocycles. The molecule has 0 saturated heterocycles. The molecule has 9 heteroatoms. The third-order valence-electron chi connectivity index (χ3n) is 5.02. The van der Waals surface area contributed by atoms with Crippen LogP contribution in [0.15, 0.2) is 53.6 Å². The summed E-state index contributed by atoms with van der Waals surface area (Å²) in [5.41, 5.74) is 1.38. The summed E-state index contributed by atoms with van der Waals surface area (Å²) in [5, 5.41) is 3.20. The fraction of sp³-hybridized carbons (Fsp3) is 0.174. The van der Waals surface area contributed by atoms with Gasteiger partial charge in [0, 0.05) is 6.07 Å². The van der Waals surface area contributed by atoms with E-state index in [0.29, 0.717) is 43.4 Å². The first-order valence-corrected chi connectivity index (χ1v) is 10.5. The first-order valence-electron chi connectivity index (χ1n) is 9.67. The molecule has 4 aromatic rings. The number of nitrogens with zero attached hydrogens (tertiary/aromatic N) is 2. The quantitative estimate of drug-likeness (QED) is 0.473. The van der Waals surface area contributed by atoms with Gasteiger partial charge in [-0.2, -0.15) is 0 Å². The maximum absolute atomic E-state index is 13.5. The predicted octanol–water partition coefficient (Wildman–Crippen LogP) is 4.22. The van der Waals surface area contributed by atoms with Crippen LogP contribution in [0.1, 0.15) is 20.8 Å². The van der Waals surface area contributed by atoms with Crippen LogP contribution >= 0.6 is 11.3 Å². The third kappa shape index (κ3) is 4.06. The lowest BCUT2D eigenvalue weighted by molar-refractivity contribution is 0.102. The van der Waals surface area contributed by atoms with E-state index in [1.807, 2.05) is 0 Å². The lowest BCUT2D eigenvalue weighted by Gasteiger charge is -2.11. The number of halogens is 1. The summed E-state index contributed by atoms with van der Waals surface area (Å²) >= 11 is 1.14. The van der Waals surface area contributed by atoms with Crippen LogP contribution in [0.2, 0.25) is 0 Å². The molecule has 0 spiro atoms. The fourth-order valence-electron chi connectivity index (χ4n) is 3.40. The number of hydrogen-bond acceptors (Lipinski definition) is 6. The molecule has 4 rings (SSSR count). The molecule has 0 unspecified atom stereocenters. The average molecular weight is 453 g/mol. The van der Waals surface area contributed by atoms with Crippen molar-refractivity contribution in [1.82, 2.24) is 9.55 Å². The normalized spacial score (nSPS) is 10.9. The molecule has 0 fully saturated rings. The van der Waals surface area contributed by atoms with Gasteiger partial charge in [0.05, 0.1) is 43.0 Å². The zero-order chi connectivity index (χ0) is 22.8. The molecule has 2 aromatic carbocycles. The Hall–Kier alpha value is -3.72. The van der Waals surface area contributed by atoms with E-state index in [1.54, 1.807) is 44.4 Å². The Balaban J connectivity index is 1.67. The van der Waals surface area contributed by atoms with E-state index in [4.69, 9.17) is 9.47 Å². The van der Waals surface area contributed by atoms with Gasteiger partial charge in [0.25, 0.3) is 11.5 Å². The Morgan fingerprint density at radius 1 is 1.19 bits per heavy atom. The molecule has 0 bridgehead atoms. The number of amides is 1. The third-order valence-corrected chi connectivity index (χ3v) is 6.22. The topological polar surface area (TPSA) is 82.5 Å². The summed E-state index contributed by atoms with van der Waals surface area (Å²) in [5.74, 6) is 0.308. The Labute approximate surface area is 187 Å². The van der Waals surface area contributed by atoms with E-state index >= 15 is 0 Å². The van der Waals surface area contributed by atoms with Gasteiger partial charge in [0.15, 0.2) is 0 Å². The van der Waals surface area contributed by atoms with Gasteiger partial charge >= 0.3 is 0 Å². The van der Waals surface area contributed by atoms with Crippen molar-refractivity contribution in [2.45, 2.75) is 13.5 Å². The van der Waals surface area contributed by atoms with Crippen molar-refractivity contribution in [2.24, 2.45) is 0 Å². The average Bonchev–Trinajstić information content (AvgIpc) is 3.13. The van der Waals surface area contributed by atoms with Gasteiger partial charge in [0.1, 0.15) is 22.1 Å². The predicted molar refractivity (Wildman–Crippen MR) is 122 cm³/mol. The zero-order valence-electron chi connectivity index (χ0n) is 17.6. The SMILES string of the molecule is COc1ccc(NC(=O)c2sc3ncn(Cc4cccc(F)c4)c(=O)c3c2C)c(OC)c1. The summed E-state index contributed by atoms with van der Waals surface area (Å²) in [6.07, 6.45) is 1.42. The van der Waals surface area contributed by atoms with Gasteiger partial charge in [-0.05, 0) is 42.3 Å². The first kappa shape index (κ1) is 21.5. The summed E-state index contributed by atoms with van der Waals surface area (Å²) < 4.78 is 25.4. The van der Waals surface area contributed by atoms with Crippen molar-refractivity contribution in [3.05, 3.63) is 81.0 Å². The minimum atomic E-state index is -0.371. The van der Waals surface area contributed by atoms with Crippen LogP contribution in [0.4, 0.5) is 10.1 Å². The molecule has 0 atom stereocenters. The van der Waals surface area contributed by atoms with Crippen molar-refractivity contribution in [3.63, 3.8) is 0 Å². The highest BCUT2D eigenvalue weighted by Gasteiger charge is 2.21. The van der Waals surface area contributed by atoms with Crippen molar-refractivity contribution in [3.8, 4) is 11.5 Å². The van der Waals surface area contributed by atoms with Gasteiger partial charge in [-0.25, -0.2) is 9.37 Å². The van der Waals surface area contributed by atoms with E-state index in [0.717, 1.165) is 11.3 Å². The number of benzene rings is 2. The highest BCUT2D eigenvalue weighted by Crippen LogP contribution is 2.32. The number of thiophene rings is 1. The van der Waals surface area contributed by atoms with Gasteiger partial charge < -0.3 is 14.8 Å². The van der Waals surface area contributed by atoms with E-state index < -0.39 is 0 Å². The number of methoxy groups -OCH3 is 2. The van der Waals surface area contributed by atoms with Gasteiger partial charge in [-0.3, -0.25) is 14.2 Å². The van der Waals surface area contributed by atoms with Crippen LogP contribution in [0.3, 0.4) is 0 Å². The zero-order valence-corrected chi connectivity index (χ0v) is 18.5. The van der Waals surface area contributed by atoms with E-state index in [-0.39, 0.29) is 23.8 Å². The number of carbonyl (C=O) groups is 1. The number of ether oxygens (including phenoxy) is 2. The molecule has 164 valence electrons. The maximum atomic E-state index is 13.5. The number of anilines is 1. The molecule has 0 aliphatic carbocycles. The molecule has 7 nitrogen and oxygen atoms in total. The van der Waals surface area contributed by atoms with Crippen LogP contribution in [0.5, 0.6) is 11.5 Å². The Morgan fingerprint density at radius 3 is 2.72 bits per heavy atom. The van der Waals surface area contributed by atoms with Crippen molar-refractivity contribution < 1.29 is 18.7 Å². The Bertz CT molecular complexity index is 1380. The Kier molecular flexibility index (Phi) is 5.91. The molecule has 0 aliphatic rings. The van der Waals surface area contributed by atoms with E-state index in [1.165, 1.54) is 30.1 Å². The Morgan fingerprint density at radius 2 is 2.00 bits per heavy atom. The second kappa shape index (κ2) is 8.80. The van der Waals surface area contributed by atoms with Crippen molar-refractivity contribution in [1.29, 1.82) is 0 Å². The summed E-state index contributed by atoms with van der Waals surface area (Å²) in [4.78, 5) is 31.3. The minimum absolute atomic E-state index is 0.180. The van der Waals surface area contributed by atoms with Crippen LogP contribution in [0, 0.1) is 12.7 Å². The number of nitrogens with one attached hydrogen (secondary N) is 1. The van der Waals surface area contributed by atoms with Crippen LogP contribution in [-0.2, 0) is 6.54 Å². The number of aromatic nitrogens is 2. The molecule has 0 radical (unpaired) electrons. The molecule has 32 heavy (non-hydrogen) atoms. The molecular formula is C23H20FN3O4S. The van der Waals surface area contributed by atoms with Gasteiger partial charge in [-0.15, -0.1) is 11.3 Å². The molecule has 1 amide bonds. The highest BCUT2D eigenvalue weighted by atomic mass is 32.1. The number of carbonyl (C=O) groups excluding carboxylic acids is 1. The largest absolute Gasteiger partial charge is 0.497 e. The molecule has 1 N–H and O–H groups in total. The monoisotopic (exact) mass is 453 g/mol. The number of fused-ring (bicyclic) bond motifs is 1. The van der Waals surface area contributed by atoms with Crippen molar-refractivity contribution >= 4 is 33.1 Å². The summed E-state index contributed by atoms with van der Waals surface area (Å²) in [6.45, 7) is 1.90. The van der Waals surface area contributed by atoms with Gasteiger partial charge in [0.2, 0.25) is 0 Å². The molecular weight excluding hydrogens is 433 g/mol. The van der Waals surface area contributed by atoms with Gasteiger partial charge in [-0.1, -0.05) is 12.1 Å². The molecule has 0 saturated carbocycles. The molecule has 2 aromatic heterocycles. The highest BCUT2D eigenvalue weighted by molar-refractivity contribution is 7.20. The van der Waals surface area contributed by atoms with Crippen LogP contribution in [0.25, 0.3) is 10.2 Å². The van der Waals surface area contributed by atoms with Crippen LogP contribution < -0.4 is 20.3 Å². The standard InChI is InChI=1S/C23H20FN3O4S/c1-13-19-22(25-12-27(23(19)29)11-14-5-4-6-15(24)9-14)32-20(13)21(28)26-17-8-7-16(30-2)10-18(17)31-3/h4-10,12H,11H2,1-3H3,(H,26,28). The minimum Gasteiger partial charge on any atom is -0.497 e. The van der Waals surface area contributed by atoms with E-state index in [2.05, 4.69) is 10.3 Å². The fourth-order valence-corrected chi connectivity index (χ4v) is 4.44. The summed E-state index contributed by atoms with van der Waals surface area (Å²) in [6, 6.07) is 11.1. The molecule has 0 aliphatic heterocycles. The smallest absolute Gasteiger partial charge is 0.266 e. The van der Waals surface area contributed by atoms with E-state index in [9.17, 15) is 14.0 Å². The number of rotatable bonds is 6. The summed E-state index contributed by atoms with van der Waals surface area (Å²) in [7, 11) is 3.04. The number of hydrogen-bond donors (Lipinski definition) is 1. The first-order chi connectivity index (χ1) is 15.4.